The molecule has 0 bridgehead atoms. The van der Waals surface area contributed by atoms with E-state index >= 15 is 0 Å². The highest BCUT2D eigenvalue weighted by Gasteiger charge is 2.32. The molecule has 0 aliphatic carbocycles. The summed E-state index contributed by atoms with van der Waals surface area (Å²) in [5, 5.41) is 2.48. The van der Waals surface area contributed by atoms with Gasteiger partial charge in [0, 0.05) is 19.4 Å². The third kappa shape index (κ3) is 8.50. The van der Waals surface area contributed by atoms with Crippen molar-refractivity contribution in [1.29, 1.82) is 0 Å². The zero-order chi connectivity index (χ0) is 18.5. The topological polar surface area (TPSA) is 66.5 Å². The lowest BCUT2D eigenvalue weighted by molar-refractivity contribution is -0.140. The summed E-state index contributed by atoms with van der Waals surface area (Å²) in [6, 6.07) is -0.498. The predicted octanol–water partition coefficient (Wildman–Crippen LogP) is 3.95. The highest BCUT2D eigenvalue weighted by molar-refractivity contribution is 5.99. The van der Waals surface area contributed by atoms with Crippen LogP contribution in [0.15, 0.2) is 0 Å². The molecule has 1 rings (SSSR count). The highest BCUT2D eigenvalue weighted by atomic mass is 16.2. The summed E-state index contributed by atoms with van der Waals surface area (Å²) in [4.78, 5) is 37.6. The lowest BCUT2D eigenvalue weighted by atomic mass is 10.1. The number of amides is 3. The first-order valence-electron chi connectivity index (χ1n) is 10.2. The van der Waals surface area contributed by atoms with Crippen molar-refractivity contribution >= 4 is 17.7 Å². The molecular weight excluding hydrogens is 316 g/mol. The average Bonchev–Trinajstić information content (AvgIpc) is 3.00. The van der Waals surface area contributed by atoms with E-state index in [9.17, 15) is 14.4 Å². The van der Waals surface area contributed by atoms with Gasteiger partial charge >= 0.3 is 0 Å². The number of hydrogen-bond acceptors (Lipinski definition) is 3. The lowest BCUT2D eigenvalue weighted by Gasteiger charge is -2.25. The zero-order valence-electron chi connectivity index (χ0n) is 16.1. The number of carbonyl (C=O) groups excluding carboxylic acids is 3. The van der Waals surface area contributed by atoms with Gasteiger partial charge in [-0.1, -0.05) is 65.2 Å². The van der Waals surface area contributed by atoms with Crippen LogP contribution in [0.4, 0.5) is 0 Å². The number of rotatable bonds is 13. The minimum absolute atomic E-state index is 0.0217. The molecule has 144 valence electrons. The molecule has 0 aromatic carbocycles. The van der Waals surface area contributed by atoms with Crippen molar-refractivity contribution in [1.82, 2.24) is 10.2 Å². The van der Waals surface area contributed by atoms with E-state index in [4.69, 9.17) is 0 Å². The van der Waals surface area contributed by atoms with Crippen LogP contribution in [0.1, 0.15) is 97.3 Å². The van der Waals surface area contributed by atoms with Gasteiger partial charge in [0.25, 0.3) is 0 Å². The first-order chi connectivity index (χ1) is 12.1. The number of hydrogen-bond donors (Lipinski definition) is 1. The Bertz CT molecular complexity index is 423. The minimum atomic E-state index is -0.498. The zero-order valence-corrected chi connectivity index (χ0v) is 16.1. The molecule has 0 radical (unpaired) electrons. The molecule has 25 heavy (non-hydrogen) atoms. The van der Waals surface area contributed by atoms with Crippen molar-refractivity contribution in [2.75, 3.05) is 6.54 Å². The Kier molecular flexibility index (Phi) is 11.2. The molecule has 1 heterocycles. The summed E-state index contributed by atoms with van der Waals surface area (Å²) in [6.07, 6.45) is 13.0. The number of unbranched alkanes of at least 4 members (excludes halogenated alkanes) is 8. The van der Waals surface area contributed by atoms with E-state index in [1.54, 1.807) is 4.90 Å². The maximum Gasteiger partial charge on any atom is 0.249 e. The van der Waals surface area contributed by atoms with Crippen LogP contribution < -0.4 is 5.32 Å². The Balaban J connectivity index is 2.12. The van der Waals surface area contributed by atoms with Crippen molar-refractivity contribution in [2.24, 2.45) is 0 Å². The van der Waals surface area contributed by atoms with Crippen molar-refractivity contribution in [3.05, 3.63) is 0 Å². The predicted molar refractivity (Wildman–Crippen MR) is 100 cm³/mol. The molecule has 0 aromatic rings. The second kappa shape index (κ2) is 12.9. The molecule has 1 atom stereocenters. The Morgan fingerprint density at radius 2 is 1.60 bits per heavy atom. The maximum atomic E-state index is 12.3. The van der Waals surface area contributed by atoms with Gasteiger partial charge in [-0.15, -0.1) is 0 Å². The van der Waals surface area contributed by atoms with Gasteiger partial charge in [-0.2, -0.15) is 0 Å². The van der Waals surface area contributed by atoms with Crippen LogP contribution in [0.2, 0.25) is 0 Å². The molecule has 0 spiro atoms. The van der Waals surface area contributed by atoms with Crippen molar-refractivity contribution in [2.45, 2.75) is 103 Å². The van der Waals surface area contributed by atoms with E-state index in [2.05, 4.69) is 12.2 Å². The molecule has 1 saturated heterocycles. The Labute approximate surface area is 152 Å². The molecule has 1 aliphatic heterocycles. The fourth-order valence-corrected chi connectivity index (χ4v) is 3.43. The Hall–Kier alpha value is -1.39. The van der Waals surface area contributed by atoms with Gasteiger partial charge < -0.3 is 4.90 Å². The van der Waals surface area contributed by atoms with Crippen LogP contribution in [-0.2, 0) is 14.4 Å². The lowest BCUT2D eigenvalue weighted by Crippen LogP contribution is -2.48. The Morgan fingerprint density at radius 3 is 2.12 bits per heavy atom. The molecule has 1 fully saturated rings. The second-order valence-electron chi connectivity index (χ2n) is 7.11. The number of nitrogens with zero attached hydrogens (tertiary/aromatic N) is 1. The van der Waals surface area contributed by atoms with E-state index in [0.29, 0.717) is 25.8 Å². The van der Waals surface area contributed by atoms with Crippen molar-refractivity contribution in [3.8, 4) is 0 Å². The monoisotopic (exact) mass is 352 g/mol. The third-order valence-corrected chi connectivity index (χ3v) is 4.95. The van der Waals surface area contributed by atoms with Crippen LogP contribution in [0, 0.1) is 0 Å². The summed E-state index contributed by atoms with van der Waals surface area (Å²) in [7, 11) is 0. The molecule has 5 heteroatoms. The largest absolute Gasteiger partial charge is 0.331 e. The molecule has 1 aliphatic rings. The van der Waals surface area contributed by atoms with Crippen LogP contribution >= 0.6 is 0 Å². The summed E-state index contributed by atoms with van der Waals surface area (Å²) in [6.45, 7) is 4.72. The highest BCUT2D eigenvalue weighted by Crippen LogP contribution is 2.16. The smallest absolute Gasteiger partial charge is 0.249 e. The fourth-order valence-electron chi connectivity index (χ4n) is 3.43. The third-order valence-electron chi connectivity index (χ3n) is 4.95. The first-order valence-corrected chi connectivity index (χ1v) is 10.2. The van der Waals surface area contributed by atoms with E-state index in [-0.39, 0.29) is 17.7 Å². The van der Waals surface area contributed by atoms with Crippen LogP contribution in [0.25, 0.3) is 0 Å². The molecule has 3 amide bonds. The van der Waals surface area contributed by atoms with Gasteiger partial charge in [-0.3, -0.25) is 19.7 Å². The Morgan fingerprint density at radius 1 is 1.00 bits per heavy atom. The molecule has 1 unspecified atom stereocenters. The first kappa shape index (κ1) is 21.7. The van der Waals surface area contributed by atoms with Gasteiger partial charge in [0.1, 0.15) is 6.04 Å². The minimum Gasteiger partial charge on any atom is -0.331 e. The maximum absolute atomic E-state index is 12.3. The van der Waals surface area contributed by atoms with Gasteiger partial charge in [-0.25, -0.2) is 0 Å². The summed E-state index contributed by atoms with van der Waals surface area (Å²) < 4.78 is 0. The number of likely N-dealkylation sites (tertiary alicyclic amines) is 1. The van der Waals surface area contributed by atoms with E-state index in [0.717, 1.165) is 25.7 Å². The standard InChI is InChI=1S/C20H36N2O3/c1-3-5-6-7-8-9-10-11-12-14-18(23)21-20(25)17(4-2)22-16-13-15-19(22)24/h17H,3-16H2,1-2H3,(H,21,23,25). The van der Waals surface area contributed by atoms with Crippen molar-refractivity contribution < 1.29 is 14.4 Å². The number of nitrogens with one attached hydrogen (secondary N) is 1. The molecule has 0 saturated carbocycles. The van der Waals surface area contributed by atoms with Crippen LogP contribution in [0.5, 0.6) is 0 Å². The number of carbonyl (C=O) groups is 3. The summed E-state index contributed by atoms with van der Waals surface area (Å²) in [5.41, 5.74) is 0. The van der Waals surface area contributed by atoms with Crippen LogP contribution in [0.3, 0.4) is 0 Å². The van der Waals surface area contributed by atoms with E-state index in [1.807, 2.05) is 6.92 Å². The van der Waals surface area contributed by atoms with Gasteiger partial charge in [0.2, 0.25) is 17.7 Å². The SMILES string of the molecule is CCCCCCCCCCCC(=O)NC(=O)C(CC)N1CCCC1=O. The second-order valence-corrected chi connectivity index (χ2v) is 7.11. The van der Waals surface area contributed by atoms with E-state index in [1.165, 1.54) is 38.5 Å². The molecule has 5 nitrogen and oxygen atoms in total. The van der Waals surface area contributed by atoms with Gasteiger partial charge in [0.15, 0.2) is 0 Å². The summed E-state index contributed by atoms with van der Waals surface area (Å²) in [5.74, 6) is -0.509. The quantitative estimate of drug-likeness (QED) is 0.510. The molecule has 0 aromatic heterocycles. The van der Waals surface area contributed by atoms with Gasteiger partial charge in [0.05, 0.1) is 0 Å². The van der Waals surface area contributed by atoms with E-state index < -0.39 is 6.04 Å². The van der Waals surface area contributed by atoms with Crippen LogP contribution in [-0.4, -0.2) is 35.2 Å². The average molecular weight is 353 g/mol. The molecular formula is C20H36N2O3. The van der Waals surface area contributed by atoms with Gasteiger partial charge in [-0.05, 0) is 19.3 Å². The summed E-state index contributed by atoms with van der Waals surface area (Å²) >= 11 is 0. The van der Waals surface area contributed by atoms with Crippen molar-refractivity contribution in [3.63, 3.8) is 0 Å². The number of imide groups is 1. The normalized spacial score (nSPS) is 15.4. The molecule has 1 N–H and O–H groups in total. The fraction of sp³-hybridized carbons (Fsp3) is 0.850.